The van der Waals surface area contributed by atoms with Gasteiger partial charge in [-0.15, -0.1) is 11.3 Å². The van der Waals surface area contributed by atoms with Crippen molar-refractivity contribution >= 4 is 22.5 Å². The fourth-order valence-corrected chi connectivity index (χ4v) is 1.65. The Hall–Kier alpha value is -0.820. The van der Waals surface area contributed by atoms with Crippen LogP contribution in [0.4, 0.5) is 0 Å². The van der Waals surface area contributed by atoms with Crippen LogP contribution in [0.5, 0.6) is 0 Å². The molecule has 11 heavy (non-hydrogen) atoms. The molecule has 0 saturated heterocycles. The quantitative estimate of drug-likeness (QED) is 0.623. The molecule has 1 heteroatoms. The summed E-state index contributed by atoms with van der Waals surface area (Å²) < 4.78 is 0. The van der Waals surface area contributed by atoms with Crippen molar-refractivity contribution in [2.45, 2.75) is 13.8 Å². The first-order valence-electron chi connectivity index (χ1n) is 3.53. The van der Waals surface area contributed by atoms with Gasteiger partial charge in [-0.1, -0.05) is 13.2 Å². The molecule has 0 aromatic carbocycles. The smallest absolute Gasteiger partial charge is 0.0300 e. The Morgan fingerprint density at radius 2 is 1.45 bits per heavy atom. The van der Waals surface area contributed by atoms with Gasteiger partial charge in [-0.2, -0.15) is 0 Å². The molecule has 1 aromatic rings. The summed E-state index contributed by atoms with van der Waals surface area (Å²) in [5.74, 6) is 0. The lowest BCUT2D eigenvalue weighted by atomic mass is 10.2. The molecule has 0 fully saturated rings. The second-order valence-electron chi connectivity index (χ2n) is 2.72. The van der Waals surface area contributed by atoms with Gasteiger partial charge in [0.1, 0.15) is 0 Å². The van der Waals surface area contributed by atoms with Crippen LogP contribution < -0.4 is 0 Å². The predicted molar refractivity (Wildman–Crippen MR) is 53.7 cm³/mol. The SMILES string of the molecule is C=C(C)c1ccc(C(=C)C)s1. The van der Waals surface area contributed by atoms with Crippen LogP contribution in [0.1, 0.15) is 23.6 Å². The van der Waals surface area contributed by atoms with Crippen molar-refractivity contribution in [3.05, 3.63) is 35.0 Å². The topological polar surface area (TPSA) is 0 Å². The monoisotopic (exact) mass is 164 g/mol. The molecule has 0 unspecified atom stereocenters. The first-order valence-corrected chi connectivity index (χ1v) is 4.34. The summed E-state index contributed by atoms with van der Waals surface area (Å²) in [6.07, 6.45) is 0. The van der Waals surface area contributed by atoms with Crippen molar-refractivity contribution in [2.75, 3.05) is 0 Å². The highest BCUT2D eigenvalue weighted by Crippen LogP contribution is 2.26. The van der Waals surface area contributed by atoms with Gasteiger partial charge in [-0.3, -0.25) is 0 Å². The number of thiophene rings is 1. The van der Waals surface area contributed by atoms with E-state index in [9.17, 15) is 0 Å². The average Bonchev–Trinajstić information content (AvgIpc) is 2.33. The molecule has 0 spiro atoms. The van der Waals surface area contributed by atoms with Gasteiger partial charge in [0.25, 0.3) is 0 Å². The van der Waals surface area contributed by atoms with Gasteiger partial charge in [0, 0.05) is 9.75 Å². The molecular formula is C10H12S. The van der Waals surface area contributed by atoms with Crippen LogP contribution in [0, 0.1) is 0 Å². The van der Waals surface area contributed by atoms with E-state index in [0.29, 0.717) is 0 Å². The Morgan fingerprint density at radius 3 is 1.64 bits per heavy atom. The highest BCUT2D eigenvalue weighted by molar-refractivity contribution is 7.14. The summed E-state index contributed by atoms with van der Waals surface area (Å²) in [6.45, 7) is 11.8. The molecule has 0 amide bonds. The molecular weight excluding hydrogens is 152 g/mol. The fourth-order valence-electron chi connectivity index (χ4n) is 0.797. The minimum Gasteiger partial charge on any atom is -0.136 e. The zero-order valence-corrected chi connectivity index (χ0v) is 7.79. The van der Waals surface area contributed by atoms with E-state index < -0.39 is 0 Å². The molecule has 0 saturated carbocycles. The van der Waals surface area contributed by atoms with Gasteiger partial charge in [0.05, 0.1) is 0 Å². The van der Waals surface area contributed by atoms with Crippen molar-refractivity contribution in [2.24, 2.45) is 0 Å². The third-order valence-corrected chi connectivity index (χ3v) is 2.86. The Balaban J connectivity index is 2.99. The van der Waals surface area contributed by atoms with Crippen LogP contribution in [0.2, 0.25) is 0 Å². The van der Waals surface area contributed by atoms with Gasteiger partial charge in [0.2, 0.25) is 0 Å². The summed E-state index contributed by atoms with van der Waals surface area (Å²) in [6, 6.07) is 4.19. The molecule has 0 atom stereocenters. The summed E-state index contributed by atoms with van der Waals surface area (Å²) >= 11 is 1.75. The molecule has 58 valence electrons. The van der Waals surface area contributed by atoms with E-state index in [1.807, 2.05) is 13.8 Å². The Labute approximate surface area is 71.9 Å². The van der Waals surface area contributed by atoms with Gasteiger partial charge >= 0.3 is 0 Å². The maximum atomic E-state index is 3.88. The van der Waals surface area contributed by atoms with Crippen molar-refractivity contribution in [3.63, 3.8) is 0 Å². The molecule has 0 aliphatic heterocycles. The minimum atomic E-state index is 1.13. The third-order valence-electron chi connectivity index (χ3n) is 1.45. The molecule has 0 aliphatic carbocycles. The van der Waals surface area contributed by atoms with E-state index >= 15 is 0 Å². The Morgan fingerprint density at radius 1 is 1.09 bits per heavy atom. The average molecular weight is 164 g/mol. The number of hydrogen-bond acceptors (Lipinski definition) is 1. The maximum absolute atomic E-state index is 3.88. The highest BCUT2D eigenvalue weighted by atomic mass is 32.1. The number of rotatable bonds is 2. The summed E-state index contributed by atoms with van der Waals surface area (Å²) in [7, 11) is 0. The summed E-state index contributed by atoms with van der Waals surface area (Å²) in [4.78, 5) is 2.51. The minimum absolute atomic E-state index is 1.13. The molecule has 1 aromatic heterocycles. The summed E-state index contributed by atoms with van der Waals surface area (Å²) in [5.41, 5.74) is 2.25. The largest absolute Gasteiger partial charge is 0.136 e. The van der Waals surface area contributed by atoms with Gasteiger partial charge < -0.3 is 0 Å². The molecule has 0 aliphatic rings. The molecule has 0 radical (unpaired) electrons. The van der Waals surface area contributed by atoms with Crippen molar-refractivity contribution in [3.8, 4) is 0 Å². The van der Waals surface area contributed by atoms with Crippen LogP contribution in [-0.2, 0) is 0 Å². The van der Waals surface area contributed by atoms with E-state index in [2.05, 4.69) is 25.3 Å². The number of allylic oxidation sites excluding steroid dienone is 2. The highest BCUT2D eigenvalue weighted by Gasteiger charge is 1.99. The summed E-state index contributed by atoms with van der Waals surface area (Å²) in [5, 5.41) is 0. The zero-order chi connectivity index (χ0) is 8.43. The number of hydrogen-bond donors (Lipinski definition) is 0. The first kappa shape index (κ1) is 8.28. The zero-order valence-electron chi connectivity index (χ0n) is 6.98. The lowest BCUT2D eigenvalue weighted by molar-refractivity contribution is 1.72. The van der Waals surface area contributed by atoms with Crippen molar-refractivity contribution < 1.29 is 0 Å². The Bertz CT molecular complexity index is 263. The molecule has 1 rings (SSSR count). The predicted octanol–water partition coefficient (Wildman–Crippen LogP) is 3.81. The van der Waals surface area contributed by atoms with Gasteiger partial charge in [-0.05, 0) is 37.1 Å². The van der Waals surface area contributed by atoms with Crippen LogP contribution in [0.25, 0.3) is 11.1 Å². The molecule has 1 heterocycles. The van der Waals surface area contributed by atoms with E-state index in [1.165, 1.54) is 9.75 Å². The standard InChI is InChI=1S/C10H12S/c1-7(2)9-5-6-10(11-9)8(3)4/h5-6H,1,3H2,2,4H3. The van der Waals surface area contributed by atoms with Crippen molar-refractivity contribution in [1.82, 2.24) is 0 Å². The molecule has 0 bridgehead atoms. The van der Waals surface area contributed by atoms with Crippen LogP contribution in [-0.4, -0.2) is 0 Å². The lowest BCUT2D eigenvalue weighted by Gasteiger charge is -1.91. The fraction of sp³-hybridized carbons (Fsp3) is 0.200. The van der Waals surface area contributed by atoms with E-state index in [0.717, 1.165) is 11.1 Å². The third kappa shape index (κ3) is 1.81. The first-order chi connectivity index (χ1) is 5.11. The molecule has 0 nitrogen and oxygen atoms in total. The van der Waals surface area contributed by atoms with Gasteiger partial charge in [0.15, 0.2) is 0 Å². The van der Waals surface area contributed by atoms with E-state index in [1.54, 1.807) is 11.3 Å². The Kier molecular flexibility index (Phi) is 2.30. The van der Waals surface area contributed by atoms with E-state index in [4.69, 9.17) is 0 Å². The van der Waals surface area contributed by atoms with Crippen molar-refractivity contribution in [1.29, 1.82) is 0 Å². The molecule has 0 N–H and O–H groups in total. The van der Waals surface area contributed by atoms with Crippen LogP contribution in [0.15, 0.2) is 25.3 Å². The lowest BCUT2D eigenvalue weighted by Crippen LogP contribution is -1.64. The van der Waals surface area contributed by atoms with Crippen LogP contribution >= 0.6 is 11.3 Å². The van der Waals surface area contributed by atoms with E-state index in [-0.39, 0.29) is 0 Å². The second kappa shape index (κ2) is 3.05. The normalized spacial score (nSPS) is 9.64. The van der Waals surface area contributed by atoms with Crippen LogP contribution in [0.3, 0.4) is 0 Å². The second-order valence-corrected chi connectivity index (χ2v) is 3.81. The maximum Gasteiger partial charge on any atom is 0.0300 e. The van der Waals surface area contributed by atoms with Gasteiger partial charge in [-0.25, -0.2) is 0 Å².